The van der Waals surface area contributed by atoms with Gasteiger partial charge in [-0.3, -0.25) is 11.3 Å². The van der Waals surface area contributed by atoms with Crippen molar-refractivity contribution in [3.8, 4) is 0 Å². The zero-order valence-corrected chi connectivity index (χ0v) is 12.1. The Morgan fingerprint density at radius 3 is 2.84 bits per heavy atom. The molecule has 2 nitrogen and oxygen atoms in total. The van der Waals surface area contributed by atoms with Gasteiger partial charge in [0, 0.05) is 5.56 Å². The molecule has 3 N–H and O–H groups in total. The van der Waals surface area contributed by atoms with Crippen LogP contribution in [0.15, 0.2) is 18.2 Å². The van der Waals surface area contributed by atoms with Crippen molar-refractivity contribution in [3.05, 3.63) is 34.6 Å². The molecule has 0 radical (unpaired) electrons. The minimum Gasteiger partial charge on any atom is -0.271 e. The van der Waals surface area contributed by atoms with E-state index in [2.05, 4.69) is 12.3 Å². The molecule has 0 aromatic heterocycles. The summed E-state index contributed by atoms with van der Waals surface area (Å²) >= 11 is 5.88. The fraction of sp³-hybridized carbons (Fsp3) is 0.600. The highest BCUT2D eigenvalue weighted by molar-refractivity contribution is 6.30. The van der Waals surface area contributed by atoms with Gasteiger partial charge in [0.25, 0.3) is 0 Å². The van der Waals surface area contributed by atoms with E-state index in [1.54, 1.807) is 18.2 Å². The van der Waals surface area contributed by atoms with Crippen molar-refractivity contribution in [2.24, 2.45) is 17.7 Å². The summed E-state index contributed by atoms with van der Waals surface area (Å²) in [4.78, 5) is 0. The molecule has 1 aromatic rings. The summed E-state index contributed by atoms with van der Waals surface area (Å²) in [7, 11) is 0. The van der Waals surface area contributed by atoms with Crippen LogP contribution in [0.2, 0.25) is 5.02 Å². The molecule has 1 fully saturated rings. The molecule has 0 saturated heterocycles. The third-order valence-corrected chi connectivity index (χ3v) is 4.71. The number of nitrogens with two attached hydrogens (primary N) is 1. The van der Waals surface area contributed by atoms with Gasteiger partial charge >= 0.3 is 0 Å². The Labute approximate surface area is 119 Å². The van der Waals surface area contributed by atoms with Gasteiger partial charge in [-0.25, -0.2) is 4.39 Å². The molecule has 1 saturated carbocycles. The molecule has 0 spiro atoms. The third kappa shape index (κ3) is 3.10. The number of halogens is 2. The first-order valence-electron chi connectivity index (χ1n) is 7.09. The van der Waals surface area contributed by atoms with Crippen LogP contribution in [0.4, 0.5) is 4.39 Å². The third-order valence-electron chi connectivity index (χ3n) is 4.42. The van der Waals surface area contributed by atoms with Gasteiger partial charge in [0.1, 0.15) is 5.82 Å². The summed E-state index contributed by atoms with van der Waals surface area (Å²) < 4.78 is 14.2. The van der Waals surface area contributed by atoms with Gasteiger partial charge in [0.15, 0.2) is 0 Å². The first-order chi connectivity index (χ1) is 9.19. The molecule has 1 aromatic carbocycles. The molecule has 3 atom stereocenters. The van der Waals surface area contributed by atoms with Crippen molar-refractivity contribution in [3.63, 3.8) is 0 Å². The predicted octanol–water partition coefficient (Wildman–Crippen LogP) is 4.20. The van der Waals surface area contributed by atoms with Crippen LogP contribution in [0, 0.1) is 17.7 Å². The molecular formula is C15H22ClFN2. The maximum atomic E-state index is 14.2. The lowest BCUT2D eigenvalue weighted by atomic mass is 9.72. The number of rotatable bonds is 4. The van der Waals surface area contributed by atoms with Gasteiger partial charge in [-0.2, -0.15) is 0 Å². The Hall–Kier alpha value is -0.640. The van der Waals surface area contributed by atoms with Gasteiger partial charge in [0.05, 0.1) is 11.1 Å². The summed E-state index contributed by atoms with van der Waals surface area (Å²) in [6.07, 6.45) is 5.89. The van der Waals surface area contributed by atoms with Gasteiger partial charge in [0.2, 0.25) is 0 Å². The second-order valence-corrected chi connectivity index (χ2v) is 5.81. The van der Waals surface area contributed by atoms with Crippen molar-refractivity contribution >= 4 is 11.6 Å². The van der Waals surface area contributed by atoms with Crippen molar-refractivity contribution in [1.82, 2.24) is 5.43 Å². The van der Waals surface area contributed by atoms with Crippen molar-refractivity contribution in [1.29, 1.82) is 0 Å². The lowest BCUT2D eigenvalue weighted by molar-refractivity contribution is 0.173. The van der Waals surface area contributed by atoms with Gasteiger partial charge in [-0.15, -0.1) is 0 Å². The normalized spacial score (nSPS) is 25.3. The highest BCUT2D eigenvalue weighted by atomic mass is 35.5. The van der Waals surface area contributed by atoms with Crippen LogP contribution in [-0.2, 0) is 0 Å². The van der Waals surface area contributed by atoms with E-state index in [0.717, 1.165) is 12.8 Å². The molecule has 3 unspecified atom stereocenters. The van der Waals surface area contributed by atoms with Crippen LogP contribution in [0.5, 0.6) is 0 Å². The second kappa shape index (κ2) is 6.69. The van der Waals surface area contributed by atoms with Crippen molar-refractivity contribution in [2.45, 2.75) is 45.1 Å². The van der Waals surface area contributed by atoms with Crippen LogP contribution in [-0.4, -0.2) is 0 Å². The van der Waals surface area contributed by atoms with E-state index in [0.29, 0.717) is 17.4 Å². The number of hydrazine groups is 1. The zero-order chi connectivity index (χ0) is 13.8. The summed E-state index contributed by atoms with van der Waals surface area (Å²) in [5.74, 6) is 6.36. The Morgan fingerprint density at radius 1 is 1.42 bits per heavy atom. The SMILES string of the molecule is CCC1CCCCC1C(NN)c1cccc(Cl)c1F. The van der Waals surface area contributed by atoms with Crippen LogP contribution < -0.4 is 11.3 Å². The minimum absolute atomic E-state index is 0.149. The van der Waals surface area contributed by atoms with E-state index in [1.165, 1.54) is 19.3 Å². The Bertz CT molecular complexity index is 425. The Morgan fingerprint density at radius 2 is 2.16 bits per heavy atom. The summed E-state index contributed by atoms with van der Waals surface area (Å²) in [6, 6.07) is 5.00. The minimum atomic E-state index is -0.340. The molecule has 0 amide bonds. The van der Waals surface area contributed by atoms with Gasteiger partial charge in [-0.1, -0.05) is 56.3 Å². The van der Waals surface area contributed by atoms with E-state index in [1.807, 2.05) is 0 Å². The summed E-state index contributed by atoms with van der Waals surface area (Å²) in [5, 5.41) is 0.168. The fourth-order valence-corrected chi connectivity index (χ4v) is 3.57. The maximum absolute atomic E-state index is 14.2. The smallest absolute Gasteiger partial charge is 0.146 e. The lowest BCUT2D eigenvalue weighted by Gasteiger charge is -2.37. The van der Waals surface area contributed by atoms with Crippen molar-refractivity contribution in [2.75, 3.05) is 0 Å². The maximum Gasteiger partial charge on any atom is 0.146 e. The Kier molecular flexibility index (Phi) is 5.20. The molecule has 106 valence electrons. The largest absolute Gasteiger partial charge is 0.271 e. The van der Waals surface area contributed by atoms with Gasteiger partial charge in [-0.05, 0) is 24.3 Å². The van der Waals surface area contributed by atoms with E-state index >= 15 is 0 Å². The van der Waals surface area contributed by atoms with Crippen LogP contribution in [0.3, 0.4) is 0 Å². The standard InChI is InChI=1S/C15H22ClFN2/c1-2-10-6-3-4-7-11(10)15(19-18)12-8-5-9-13(16)14(12)17/h5,8-11,15,19H,2-4,6-7,18H2,1H3. The van der Waals surface area contributed by atoms with Gasteiger partial charge < -0.3 is 0 Å². The molecule has 0 aliphatic heterocycles. The van der Waals surface area contributed by atoms with Crippen LogP contribution in [0.1, 0.15) is 50.6 Å². The zero-order valence-electron chi connectivity index (χ0n) is 11.3. The lowest BCUT2D eigenvalue weighted by Crippen LogP contribution is -2.38. The molecule has 0 heterocycles. The monoisotopic (exact) mass is 284 g/mol. The van der Waals surface area contributed by atoms with E-state index in [4.69, 9.17) is 17.4 Å². The number of benzene rings is 1. The molecule has 2 rings (SSSR count). The topological polar surface area (TPSA) is 38.0 Å². The molecule has 1 aliphatic carbocycles. The van der Waals surface area contributed by atoms with Crippen molar-refractivity contribution < 1.29 is 4.39 Å². The quantitative estimate of drug-likeness (QED) is 0.642. The average Bonchev–Trinajstić information content (AvgIpc) is 2.45. The molecule has 4 heteroatoms. The fourth-order valence-electron chi connectivity index (χ4n) is 3.39. The average molecular weight is 285 g/mol. The first kappa shape index (κ1) is 14.8. The van der Waals surface area contributed by atoms with Crippen LogP contribution in [0.25, 0.3) is 0 Å². The first-order valence-corrected chi connectivity index (χ1v) is 7.46. The Balaban J connectivity index is 2.30. The molecule has 0 bridgehead atoms. The van der Waals surface area contributed by atoms with E-state index in [-0.39, 0.29) is 16.9 Å². The number of hydrogen-bond acceptors (Lipinski definition) is 2. The summed E-state index contributed by atoms with van der Waals surface area (Å²) in [5.41, 5.74) is 3.42. The predicted molar refractivity (Wildman–Crippen MR) is 77.2 cm³/mol. The molecule has 19 heavy (non-hydrogen) atoms. The number of nitrogens with one attached hydrogen (secondary N) is 1. The van der Waals surface area contributed by atoms with E-state index in [9.17, 15) is 4.39 Å². The molecular weight excluding hydrogens is 263 g/mol. The molecule has 1 aliphatic rings. The highest BCUT2D eigenvalue weighted by Crippen LogP contribution is 2.41. The van der Waals surface area contributed by atoms with E-state index < -0.39 is 0 Å². The highest BCUT2D eigenvalue weighted by Gasteiger charge is 2.32. The number of hydrogen-bond donors (Lipinski definition) is 2. The summed E-state index contributed by atoms with van der Waals surface area (Å²) in [6.45, 7) is 2.20. The second-order valence-electron chi connectivity index (χ2n) is 5.40. The van der Waals surface area contributed by atoms with Crippen LogP contribution >= 0.6 is 11.6 Å².